The van der Waals surface area contributed by atoms with E-state index in [4.69, 9.17) is 0 Å². The maximum Gasteiger partial charge on any atom is 0.244 e. The maximum absolute atomic E-state index is 12.2. The minimum Gasteiger partial charge on any atom is -0.324 e. The molecule has 21 heavy (non-hydrogen) atoms. The van der Waals surface area contributed by atoms with Crippen LogP contribution in [0.3, 0.4) is 0 Å². The van der Waals surface area contributed by atoms with E-state index in [0.29, 0.717) is 6.04 Å². The van der Waals surface area contributed by atoms with Crippen LogP contribution in [0, 0.1) is 6.92 Å². The van der Waals surface area contributed by atoms with E-state index in [9.17, 15) is 4.79 Å². The van der Waals surface area contributed by atoms with E-state index in [2.05, 4.69) is 15.6 Å². The Morgan fingerprint density at radius 2 is 2.19 bits per heavy atom. The lowest BCUT2D eigenvalue weighted by Gasteiger charge is -2.10. The summed E-state index contributed by atoms with van der Waals surface area (Å²) in [6, 6.07) is 8.41. The third-order valence-electron chi connectivity index (χ3n) is 3.66. The number of benzene rings is 1. The van der Waals surface area contributed by atoms with Crippen molar-refractivity contribution < 1.29 is 4.79 Å². The van der Waals surface area contributed by atoms with Crippen LogP contribution in [-0.4, -0.2) is 21.5 Å². The first kappa shape index (κ1) is 13.8. The van der Waals surface area contributed by atoms with Crippen molar-refractivity contribution in [2.24, 2.45) is 0 Å². The molecule has 1 aromatic carbocycles. The zero-order valence-corrected chi connectivity index (χ0v) is 12.2. The molecule has 0 radical (unpaired) electrons. The number of carbonyl (C=O) groups is 1. The molecular weight excluding hydrogens is 264 g/mol. The van der Waals surface area contributed by atoms with E-state index in [-0.39, 0.29) is 12.5 Å². The maximum atomic E-state index is 12.2. The van der Waals surface area contributed by atoms with Gasteiger partial charge >= 0.3 is 0 Å². The van der Waals surface area contributed by atoms with Gasteiger partial charge in [-0.25, -0.2) is 4.98 Å². The third-order valence-corrected chi connectivity index (χ3v) is 3.66. The van der Waals surface area contributed by atoms with Crippen LogP contribution in [0.15, 0.2) is 36.7 Å². The number of nitrogens with zero attached hydrogens (tertiary/aromatic N) is 2. The zero-order chi connectivity index (χ0) is 14.7. The van der Waals surface area contributed by atoms with E-state index in [1.165, 1.54) is 12.8 Å². The van der Waals surface area contributed by atoms with Gasteiger partial charge in [-0.1, -0.05) is 18.2 Å². The highest BCUT2D eigenvalue weighted by Crippen LogP contribution is 2.19. The van der Waals surface area contributed by atoms with Crippen LogP contribution in [0.25, 0.3) is 0 Å². The molecule has 0 unspecified atom stereocenters. The van der Waals surface area contributed by atoms with Gasteiger partial charge in [0.05, 0.1) is 6.54 Å². The van der Waals surface area contributed by atoms with E-state index < -0.39 is 0 Å². The van der Waals surface area contributed by atoms with Crippen molar-refractivity contribution in [1.29, 1.82) is 0 Å². The molecule has 1 amide bonds. The fraction of sp³-hybridized carbons (Fsp3) is 0.375. The summed E-state index contributed by atoms with van der Waals surface area (Å²) in [5.41, 5.74) is 1.92. The molecule has 1 saturated carbocycles. The molecule has 1 aromatic heterocycles. The number of carbonyl (C=O) groups excluding carboxylic acids is 1. The van der Waals surface area contributed by atoms with E-state index in [1.807, 2.05) is 42.0 Å². The number of rotatable bonds is 6. The Kier molecular flexibility index (Phi) is 4.01. The Morgan fingerprint density at radius 1 is 1.38 bits per heavy atom. The van der Waals surface area contributed by atoms with Gasteiger partial charge in [0.25, 0.3) is 0 Å². The van der Waals surface area contributed by atoms with Gasteiger partial charge in [-0.3, -0.25) is 4.79 Å². The van der Waals surface area contributed by atoms with Crippen LogP contribution in [0.4, 0.5) is 5.69 Å². The summed E-state index contributed by atoms with van der Waals surface area (Å²) in [6.45, 7) is 2.99. The summed E-state index contributed by atoms with van der Waals surface area (Å²) >= 11 is 0. The van der Waals surface area contributed by atoms with Gasteiger partial charge in [-0.2, -0.15) is 0 Å². The molecule has 0 aliphatic heterocycles. The molecule has 2 aromatic rings. The van der Waals surface area contributed by atoms with Gasteiger partial charge in [0, 0.05) is 24.1 Å². The first-order valence-electron chi connectivity index (χ1n) is 7.31. The molecular formula is C16H20N4O. The number of hydrogen-bond acceptors (Lipinski definition) is 3. The minimum atomic E-state index is -0.0324. The largest absolute Gasteiger partial charge is 0.324 e. The van der Waals surface area contributed by atoms with E-state index >= 15 is 0 Å². The fourth-order valence-corrected chi connectivity index (χ4v) is 2.23. The number of para-hydroxylation sites is 1. The molecule has 0 spiro atoms. The Hall–Kier alpha value is -2.14. The Bertz CT molecular complexity index is 631. The molecule has 0 atom stereocenters. The predicted molar refractivity (Wildman–Crippen MR) is 81.9 cm³/mol. The van der Waals surface area contributed by atoms with Crippen LogP contribution < -0.4 is 10.6 Å². The molecule has 3 rings (SSSR count). The quantitative estimate of drug-likeness (QED) is 0.854. The molecule has 2 N–H and O–H groups in total. The summed E-state index contributed by atoms with van der Waals surface area (Å²) < 4.78 is 1.89. The Labute approximate surface area is 124 Å². The molecule has 5 heteroatoms. The third kappa shape index (κ3) is 3.70. The van der Waals surface area contributed by atoms with Crippen molar-refractivity contribution in [2.75, 3.05) is 5.32 Å². The zero-order valence-electron chi connectivity index (χ0n) is 12.2. The average molecular weight is 284 g/mol. The van der Waals surface area contributed by atoms with Crippen LogP contribution in [-0.2, 0) is 17.9 Å². The number of amides is 1. The van der Waals surface area contributed by atoms with Crippen LogP contribution in [0.1, 0.15) is 24.2 Å². The SMILES string of the molecule is Cc1ccccc1NC(=O)Cn1ccnc1CNC1CC1. The van der Waals surface area contributed by atoms with E-state index in [0.717, 1.165) is 23.6 Å². The van der Waals surface area contributed by atoms with E-state index in [1.54, 1.807) is 6.20 Å². The van der Waals surface area contributed by atoms with Crippen LogP contribution in [0.2, 0.25) is 0 Å². The normalized spacial score (nSPS) is 14.1. The lowest BCUT2D eigenvalue weighted by atomic mass is 10.2. The number of aromatic nitrogens is 2. The summed E-state index contributed by atoms with van der Waals surface area (Å²) in [7, 11) is 0. The van der Waals surface area contributed by atoms with Crippen molar-refractivity contribution in [3.8, 4) is 0 Å². The van der Waals surface area contributed by atoms with Crippen molar-refractivity contribution in [2.45, 2.75) is 38.9 Å². The summed E-state index contributed by atoms with van der Waals surface area (Å²) in [5.74, 6) is 0.872. The van der Waals surface area contributed by atoms with Gasteiger partial charge in [-0.15, -0.1) is 0 Å². The first-order valence-corrected chi connectivity index (χ1v) is 7.31. The molecule has 1 fully saturated rings. The molecule has 0 bridgehead atoms. The van der Waals surface area contributed by atoms with Crippen LogP contribution >= 0.6 is 0 Å². The first-order chi connectivity index (χ1) is 10.2. The van der Waals surface area contributed by atoms with Crippen molar-refractivity contribution in [1.82, 2.24) is 14.9 Å². The molecule has 0 saturated heterocycles. The molecule has 110 valence electrons. The minimum absolute atomic E-state index is 0.0324. The highest BCUT2D eigenvalue weighted by Gasteiger charge is 2.21. The summed E-state index contributed by atoms with van der Waals surface area (Å²) in [4.78, 5) is 16.5. The molecule has 5 nitrogen and oxygen atoms in total. The van der Waals surface area contributed by atoms with Crippen molar-refractivity contribution in [3.63, 3.8) is 0 Å². The topological polar surface area (TPSA) is 59.0 Å². The number of nitrogens with one attached hydrogen (secondary N) is 2. The van der Waals surface area contributed by atoms with Gasteiger partial charge in [0.15, 0.2) is 0 Å². The molecule has 1 aliphatic carbocycles. The Balaban J connectivity index is 1.59. The average Bonchev–Trinajstić information content (AvgIpc) is 3.20. The second kappa shape index (κ2) is 6.10. The van der Waals surface area contributed by atoms with Gasteiger partial charge < -0.3 is 15.2 Å². The Morgan fingerprint density at radius 3 is 2.95 bits per heavy atom. The highest BCUT2D eigenvalue weighted by atomic mass is 16.1. The second-order valence-corrected chi connectivity index (χ2v) is 5.49. The number of hydrogen-bond donors (Lipinski definition) is 2. The monoisotopic (exact) mass is 284 g/mol. The number of imidazole rings is 1. The highest BCUT2D eigenvalue weighted by molar-refractivity contribution is 5.91. The predicted octanol–water partition coefficient (Wildman–Crippen LogP) is 2.08. The molecule has 1 heterocycles. The van der Waals surface area contributed by atoms with Crippen LogP contribution in [0.5, 0.6) is 0 Å². The number of anilines is 1. The van der Waals surface area contributed by atoms with Crippen molar-refractivity contribution in [3.05, 3.63) is 48.0 Å². The lowest BCUT2D eigenvalue weighted by molar-refractivity contribution is -0.116. The second-order valence-electron chi connectivity index (χ2n) is 5.49. The standard InChI is InChI=1S/C16H20N4O/c1-12-4-2-3-5-14(12)19-16(21)11-20-9-8-17-15(20)10-18-13-6-7-13/h2-5,8-9,13,18H,6-7,10-11H2,1H3,(H,19,21). The number of aryl methyl sites for hydroxylation is 1. The van der Waals surface area contributed by atoms with Gasteiger partial charge in [0.1, 0.15) is 12.4 Å². The fourth-order valence-electron chi connectivity index (χ4n) is 2.23. The lowest BCUT2D eigenvalue weighted by Crippen LogP contribution is -2.23. The van der Waals surface area contributed by atoms with Gasteiger partial charge in [0.2, 0.25) is 5.91 Å². The summed E-state index contributed by atoms with van der Waals surface area (Å²) in [5, 5.41) is 6.36. The van der Waals surface area contributed by atoms with Crippen molar-refractivity contribution >= 4 is 11.6 Å². The summed E-state index contributed by atoms with van der Waals surface area (Å²) in [6.07, 6.45) is 6.08. The smallest absolute Gasteiger partial charge is 0.244 e. The van der Waals surface area contributed by atoms with Gasteiger partial charge in [-0.05, 0) is 31.4 Å². The molecule has 1 aliphatic rings.